The van der Waals surface area contributed by atoms with Gasteiger partial charge in [-0.15, -0.1) is 0 Å². The molecule has 0 bridgehead atoms. The molecule has 1 fully saturated rings. The first kappa shape index (κ1) is 16.5. The molecular formula is C18H25N5O. The quantitative estimate of drug-likeness (QED) is 0.916. The van der Waals surface area contributed by atoms with E-state index in [9.17, 15) is 4.79 Å². The van der Waals surface area contributed by atoms with Crippen LogP contribution >= 0.6 is 0 Å². The van der Waals surface area contributed by atoms with Crippen molar-refractivity contribution in [3.8, 4) is 0 Å². The van der Waals surface area contributed by atoms with Crippen LogP contribution in [-0.4, -0.2) is 45.7 Å². The summed E-state index contributed by atoms with van der Waals surface area (Å²) in [4.78, 5) is 18.8. The molecule has 1 atom stereocenters. The van der Waals surface area contributed by atoms with Crippen molar-refractivity contribution in [3.05, 3.63) is 41.9 Å². The highest BCUT2D eigenvalue weighted by Crippen LogP contribution is 2.28. The van der Waals surface area contributed by atoms with Gasteiger partial charge >= 0.3 is 0 Å². The van der Waals surface area contributed by atoms with E-state index in [0.29, 0.717) is 18.9 Å². The van der Waals surface area contributed by atoms with Gasteiger partial charge in [0.05, 0.1) is 5.69 Å². The minimum absolute atomic E-state index is 0.218. The number of likely N-dealkylation sites (tertiary alicyclic amines) is 1. The predicted molar refractivity (Wildman–Crippen MR) is 93.9 cm³/mol. The first-order chi connectivity index (χ1) is 11.7. The number of hydrogen-bond acceptors (Lipinski definition) is 4. The third-order valence-electron chi connectivity index (χ3n) is 4.61. The van der Waals surface area contributed by atoms with Gasteiger partial charge in [-0.1, -0.05) is 0 Å². The smallest absolute Gasteiger partial charge is 0.224 e. The molecule has 2 aromatic rings. The normalized spacial score (nSPS) is 17.8. The van der Waals surface area contributed by atoms with Gasteiger partial charge in [0.15, 0.2) is 0 Å². The molecule has 0 saturated carbocycles. The van der Waals surface area contributed by atoms with Crippen molar-refractivity contribution >= 4 is 11.7 Å². The summed E-state index contributed by atoms with van der Waals surface area (Å²) in [6.45, 7) is 4.26. The Bertz CT molecular complexity index is 696. The molecule has 1 aliphatic heterocycles. The van der Waals surface area contributed by atoms with Crippen LogP contribution in [0, 0.1) is 6.92 Å². The molecular weight excluding hydrogens is 302 g/mol. The Labute approximate surface area is 142 Å². The molecule has 0 unspecified atom stereocenters. The van der Waals surface area contributed by atoms with Crippen molar-refractivity contribution in [1.82, 2.24) is 19.7 Å². The van der Waals surface area contributed by atoms with E-state index in [4.69, 9.17) is 0 Å². The van der Waals surface area contributed by atoms with Gasteiger partial charge in [0.25, 0.3) is 0 Å². The van der Waals surface area contributed by atoms with Gasteiger partial charge in [-0.05, 0) is 43.5 Å². The Hall–Kier alpha value is -2.37. The zero-order valence-electron chi connectivity index (χ0n) is 14.4. The lowest BCUT2D eigenvalue weighted by atomic mass is 9.91. The van der Waals surface area contributed by atoms with Crippen molar-refractivity contribution in [1.29, 1.82) is 0 Å². The molecule has 1 aliphatic rings. The number of anilines is 1. The summed E-state index contributed by atoms with van der Waals surface area (Å²) < 4.78 is 1.84. The number of rotatable bonds is 5. The molecule has 0 spiro atoms. The number of piperidine rings is 1. The zero-order valence-corrected chi connectivity index (χ0v) is 14.4. The number of pyridine rings is 1. The van der Waals surface area contributed by atoms with E-state index in [2.05, 4.69) is 27.5 Å². The fraction of sp³-hybridized carbons (Fsp3) is 0.500. The summed E-state index contributed by atoms with van der Waals surface area (Å²) in [5.74, 6) is 1.49. The number of aryl methyl sites for hydroxylation is 2. The van der Waals surface area contributed by atoms with Crippen LogP contribution in [0.25, 0.3) is 0 Å². The largest absolute Gasteiger partial charge is 0.373 e. The molecule has 1 N–H and O–H groups in total. The fourth-order valence-electron chi connectivity index (χ4n) is 3.27. The molecule has 1 amide bonds. The van der Waals surface area contributed by atoms with Gasteiger partial charge in [0, 0.05) is 51.4 Å². The monoisotopic (exact) mass is 327 g/mol. The Kier molecular flexibility index (Phi) is 5.13. The SMILES string of the molecule is CNc1cc([C@@H]2CCCN(C(=O)CCn3ccc(C)n3)C2)ccn1. The summed E-state index contributed by atoms with van der Waals surface area (Å²) in [6, 6.07) is 6.11. The highest BCUT2D eigenvalue weighted by Gasteiger charge is 2.24. The minimum atomic E-state index is 0.218. The average molecular weight is 327 g/mol. The molecule has 1 saturated heterocycles. The Morgan fingerprint density at radius 3 is 3.04 bits per heavy atom. The zero-order chi connectivity index (χ0) is 16.9. The van der Waals surface area contributed by atoms with Gasteiger partial charge in [-0.3, -0.25) is 9.48 Å². The van der Waals surface area contributed by atoms with E-state index in [1.54, 1.807) is 0 Å². The molecule has 24 heavy (non-hydrogen) atoms. The number of hydrogen-bond donors (Lipinski definition) is 1. The van der Waals surface area contributed by atoms with Crippen molar-refractivity contribution in [2.75, 3.05) is 25.5 Å². The number of amides is 1. The summed E-state index contributed by atoms with van der Waals surface area (Å²) in [5, 5.41) is 7.42. The highest BCUT2D eigenvalue weighted by atomic mass is 16.2. The highest BCUT2D eigenvalue weighted by molar-refractivity contribution is 5.76. The maximum absolute atomic E-state index is 12.5. The number of nitrogens with one attached hydrogen (secondary N) is 1. The van der Waals surface area contributed by atoms with E-state index in [1.165, 1.54) is 5.56 Å². The predicted octanol–water partition coefficient (Wildman–Crippen LogP) is 2.42. The van der Waals surface area contributed by atoms with Crippen molar-refractivity contribution in [3.63, 3.8) is 0 Å². The van der Waals surface area contributed by atoms with E-state index in [-0.39, 0.29) is 5.91 Å². The van der Waals surface area contributed by atoms with Crippen LogP contribution in [0.3, 0.4) is 0 Å². The van der Waals surface area contributed by atoms with Crippen LogP contribution in [-0.2, 0) is 11.3 Å². The molecule has 0 radical (unpaired) electrons. The van der Waals surface area contributed by atoms with Gasteiger partial charge in [-0.2, -0.15) is 5.10 Å². The first-order valence-corrected chi connectivity index (χ1v) is 8.57. The lowest BCUT2D eigenvalue weighted by Gasteiger charge is -2.33. The molecule has 6 nitrogen and oxygen atoms in total. The van der Waals surface area contributed by atoms with Crippen LogP contribution in [0.5, 0.6) is 0 Å². The van der Waals surface area contributed by atoms with Crippen molar-refractivity contribution < 1.29 is 4.79 Å². The maximum atomic E-state index is 12.5. The van der Waals surface area contributed by atoms with Gasteiger partial charge < -0.3 is 10.2 Å². The summed E-state index contributed by atoms with van der Waals surface area (Å²) in [5.41, 5.74) is 2.24. The molecule has 0 aliphatic carbocycles. The maximum Gasteiger partial charge on any atom is 0.224 e. The van der Waals surface area contributed by atoms with Crippen molar-refractivity contribution in [2.45, 2.75) is 38.6 Å². The molecule has 2 aromatic heterocycles. The molecule has 3 rings (SSSR count). The third kappa shape index (κ3) is 3.93. The summed E-state index contributed by atoms with van der Waals surface area (Å²) in [6.07, 6.45) is 6.44. The second-order valence-corrected chi connectivity index (χ2v) is 6.37. The standard InChI is InChI=1S/C18H25N5O/c1-14-6-10-23(21-14)11-7-18(24)22-9-3-4-16(13-22)15-5-8-20-17(12-15)19-2/h5-6,8,10,12,16H,3-4,7,9,11,13H2,1-2H3,(H,19,20)/t16-/m1/s1. The van der Waals surface area contributed by atoms with E-state index < -0.39 is 0 Å². The van der Waals surface area contributed by atoms with E-state index in [1.807, 2.05) is 42.0 Å². The Balaban J connectivity index is 1.59. The first-order valence-electron chi connectivity index (χ1n) is 8.57. The summed E-state index contributed by atoms with van der Waals surface area (Å²) in [7, 11) is 1.87. The van der Waals surface area contributed by atoms with E-state index >= 15 is 0 Å². The fourth-order valence-corrected chi connectivity index (χ4v) is 3.27. The Morgan fingerprint density at radius 1 is 1.42 bits per heavy atom. The molecule has 0 aromatic carbocycles. The topological polar surface area (TPSA) is 63.1 Å². The third-order valence-corrected chi connectivity index (χ3v) is 4.61. The second-order valence-electron chi connectivity index (χ2n) is 6.37. The molecule has 3 heterocycles. The summed E-state index contributed by atoms with van der Waals surface area (Å²) >= 11 is 0. The second kappa shape index (κ2) is 7.47. The lowest BCUT2D eigenvalue weighted by Crippen LogP contribution is -2.39. The van der Waals surface area contributed by atoms with Crippen LogP contribution in [0.4, 0.5) is 5.82 Å². The lowest BCUT2D eigenvalue weighted by molar-refractivity contribution is -0.132. The number of carbonyl (C=O) groups is 1. The number of aromatic nitrogens is 3. The Morgan fingerprint density at radius 2 is 2.29 bits per heavy atom. The van der Waals surface area contributed by atoms with Crippen molar-refractivity contribution in [2.24, 2.45) is 0 Å². The number of carbonyl (C=O) groups excluding carboxylic acids is 1. The van der Waals surface area contributed by atoms with Crippen LogP contribution < -0.4 is 5.32 Å². The minimum Gasteiger partial charge on any atom is -0.373 e. The van der Waals surface area contributed by atoms with Gasteiger partial charge in [-0.25, -0.2) is 4.98 Å². The van der Waals surface area contributed by atoms with Gasteiger partial charge in [0.1, 0.15) is 5.82 Å². The van der Waals surface area contributed by atoms with Crippen LogP contribution in [0.2, 0.25) is 0 Å². The average Bonchev–Trinajstić information content (AvgIpc) is 3.05. The van der Waals surface area contributed by atoms with Crippen LogP contribution in [0.15, 0.2) is 30.6 Å². The number of nitrogens with zero attached hydrogens (tertiary/aromatic N) is 4. The van der Waals surface area contributed by atoms with Gasteiger partial charge in [0.2, 0.25) is 5.91 Å². The van der Waals surface area contributed by atoms with E-state index in [0.717, 1.165) is 37.4 Å². The molecule has 128 valence electrons. The molecule has 6 heteroatoms. The van der Waals surface area contributed by atoms with Crippen LogP contribution in [0.1, 0.15) is 36.4 Å².